The highest BCUT2D eigenvalue weighted by atomic mass is 19.1. The topological polar surface area (TPSA) is 53.4 Å². The van der Waals surface area contributed by atoms with Crippen LogP contribution in [-0.2, 0) is 6.54 Å². The summed E-state index contributed by atoms with van der Waals surface area (Å²) in [6.07, 6.45) is 2.46. The van der Waals surface area contributed by atoms with Crippen molar-refractivity contribution in [2.24, 2.45) is 0 Å². The lowest BCUT2D eigenvalue weighted by molar-refractivity contribution is 0.146. The number of carbonyl (C=O) groups excluding carboxylic acids is 1. The fraction of sp³-hybridized carbons (Fsp3) is 0.412. The molecule has 1 N–H and O–H groups in total. The van der Waals surface area contributed by atoms with E-state index in [1.54, 1.807) is 17.2 Å². The molecule has 2 atom stereocenters. The predicted octanol–water partition coefficient (Wildman–Crippen LogP) is 1.75. The van der Waals surface area contributed by atoms with Gasteiger partial charge in [0.25, 0.3) is 0 Å². The summed E-state index contributed by atoms with van der Waals surface area (Å²) < 4.78 is 29.0. The number of amides is 2. The van der Waals surface area contributed by atoms with Crippen LogP contribution in [0.3, 0.4) is 0 Å². The van der Waals surface area contributed by atoms with Crippen molar-refractivity contribution in [2.45, 2.75) is 25.0 Å². The number of fused-ring (bicyclic) bond motifs is 1. The van der Waals surface area contributed by atoms with Crippen molar-refractivity contribution in [3.8, 4) is 5.69 Å². The molecule has 1 aromatic heterocycles. The molecule has 2 aromatic rings. The third-order valence-electron chi connectivity index (χ3n) is 4.98. The number of rotatable bonds is 3. The van der Waals surface area contributed by atoms with Gasteiger partial charge < -0.3 is 10.2 Å². The Morgan fingerprint density at radius 1 is 1.28 bits per heavy atom. The van der Waals surface area contributed by atoms with Gasteiger partial charge in [0.05, 0.1) is 17.8 Å². The predicted molar refractivity (Wildman–Crippen MR) is 87.2 cm³/mol. The summed E-state index contributed by atoms with van der Waals surface area (Å²) in [6, 6.07) is 5.82. The normalized spacial score (nSPS) is 23.6. The first-order valence-electron chi connectivity index (χ1n) is 8.27. The quantitative estimate of drug-likeness (QED) is 0.920. The van der Waals surface area contributed by atoms with E-state index in [2.05, 4.69) is 15.3 Å². The van der Waals surface area contributed by atoms with Gasteiger partial charge in [0.1, 0.15) is 5.69 Å². The van der Waals surface area contributed by atoms with E-state index >= 15 is 0 Å². The maximum absolute atomic E-state index is 13.9. The molecule has 132 valence electrons. The first-order chi connectivity index (χ1) is 12.0. The van der Waals surface area contributed by atoms with E-state index < -0.39 is 11.6 Å². The number of halogens is 2. The highest BCUT2D eigenvalue weighted by Gasteiger charge is 2.40. The van der Waals surface area contributed by atoms with Gasteiger partial charge >= 0.3 is 6.03 Å². The molecule has 1 aromatic carbocycles. The Balaban J connectivity index is 1.46. The summed E-state index contributed by atoms with van der Waals surface area (Å²) in [5, 5.41) is 7.30. The van der Waals surface area contributed by atoms with Gasteiger partial charge in [-0.25, -0.2) is 18.3 Å². The molecule has 25 heavy (non-hydrogen) atoms. The van der Waals surface area contributed by atoms with Crippen molar-refractivity contribution in [2.75, 3.05) is 20.1 Å². The molecule has 6 nitrogen and oxygen atoms in total. The Hall–Kier alpha value is -2.48. The molecule has 0 bridgehead atoms. The summed E-state index contributed by atoms with van der Waals surface area (Å²) in [4.78, 5) is 15.7. The number of hydrogen-bond donors (Lipinski definition) is 1. The van der Waals surface area contributed by atoms with Gasteiger partial charge in [-0.05, 0) is 24.6 Å². The fourth-order valence-corrected chi connectivity index (χ4v) is 3.67. The standard InChI is InChI=1S/C17H19F2N5O/c1-22-15-6-7-23(10-14(15)20-17(22)25)9-11-5-8-24(21-11)16-12(18)3-2-4-13(16)19/h2-5,8,14-15H,6-7,9-10H2,1H3,(H,20,25)/t14-,15+/m1/s1. The highest BCUT2D eigenvalue weighted by Crippen LogP contribution is 2.23. The zero-order chi connectivity index (χ0) is 17.6. The van der Waals surface area contributed by atoms with Crippen LogP contribution in [0, 0.1) is 11.6 Å². The molecule has 2 fully saturated rings. The number of para-hydroxylation sites is 1. The van der Waals surface area contributed by atoms with Crippen LogP contribution in [0.1, 0.15) is 12.1 Å². The number of benzene rings is 1. The zero-order valence-electron chi connectivity index (χ0n) is 13.8. The minimum Gasteiger partial charge on any atom is -0.332 e. The van der Waals surface area contributed by atoms with Crippen molar-refractivity contribution in [1.29, 1.82) is 0 Å². The van der Waals surface area contributed by atoms with E-state index in [9.17, 15) is 13.6 Å². The molecule has 0 saturated carbocycles. The van der Waals surface area contributed by atoms with Crippen LogP contribution in [0.15, 0.2) is 30.5 Å². The Morgan fingerprint density at radius 3 is 2.80 bits per heavy atom. The molecular formula is C17H19F2N5O. The maximum Gasteiger partial charge on any atom is 0.317 e. The molecule has 0 aliphatic carbocycles. The Bertz CT molecular complexity index is 788. The fourth-order valence-electron chi connectivity index (χ4n) is 3.67. The van der Waals surface area contributed by atoms with Gasteiger partial charge in [0.15, 0.2) is 11.6 Å². The minimum absolute atomic E-state index is 0.0313. The lowest BCUT2D eigenvalue weighted by Gasteiger charge is -2.35. The van der Waals surface area contributed by atoms with Crippen molar-refractivity contribution < 1.29 is 13.6 Å². The Kier molecular flexibility index (Phi) is 3.91. The van der Waals surface area contributed by atoms with Crippen molar-refractivity contribution in [1.82, 2.24) is 24.9 Å². The van der Waals surface area contributed by atoms with E-state index in [0.717, 1.165) is 25.2 Å². The van der Waals surface area contributed by atoms with Crippen molar-refractivity contribution in [3.63, 3.8) is 0 Å². The van der Waals surface area contributed by atoms with Crippen LogP contribution in [0.5, 0.6) is 0 Å². The molecule has 2 amide bonds. The van der Waals surface area contributed by atoms with Crippen molar-refractivity contribution >= 4 is 6.03 Å². The second kappa shape index (κ2) is 6.11. The van der Waals surface area contributed by atoms with Crippen LogP contribution in [0.4, 0.5) is 13.6 Å². The summed E-state index contributed by atoms with van der Waals surface area (Å²) in [5.74, 6) is -1.29. The van der Waals surface area contributed by atoms with E-state index in [1.807, 2.05) is 7.05 Å². The van der Waals surface area contributed by atoms with Gasteiger partial charge in [-0.1, -0.05) is 6.07 Å². The average molecular weight is 347 g/mol. The summed E-state index contributed by atoms with van der Waals surface area (Å²) in [7, 11) is 1.82. The van der Waals surface area contributed by atoms with E-state index in [4.69, 9.17) is 0 Å². The smallest absolute Gasteiger partial charge is 0.317 e. The average Bonchev–Trinajstić information content (AvgIpc) is 3.13. The second-order valence-corrected chi connectivity index (χ2v) is 6.58. The van der Waals surface area contributed by atoms with E-state index in [0.29, 0.717) is 6.54 Å². The Morgan fingerprint density at radius 2 is 2.04 bits per heavy atom. The number of hydrogen-bond acceptors (Lipinski definition) is 3. The lowest BCUT2D eigenvalue weighted by Crippen LogP contribution is -2.50. The molecule has 0 unspecified atom stereocenters. The Labute approximate surface area is 144 Å². The van der Waals surface area contributed by atoms with Crippen LogP contribution in [-0.4, -0.2) is 57.8 Å². The number of urea groups is 1. The number of carbonyl (C=O) groups is 1. The third-order valence-corrected chi connectivity index (χ3v) is 4.98. The molecular weight excluding hydrogens is 328 g/mol. The van der Waals surface area contributed by atoms with Gasteiger partial charge in [0, 0.05) is 32.9 Å². The molecule has 4 rings (SSSR count). The van der Waals surface area contributed by atoms with Gasteiger partial charge in [0.2, 0.25) is 0 Å². The molecule has 8 heteroatoms. The van der Waals surface area contributed by atoms with Gasteiger partial charge in [-0.3, -0.25) is 4.90 Å². The van der Waals surface area contributed by atoms with Crippen LogP contribution in [0.2, 0.25) is 0 Å². The highest BCUT2D eigenvalue weighted by molar-refractivity contribution is 5.77. The maximum atomic E-state index is 13.9. The first kappa shape index (κ1) is 16.0. The third kappa shape index (κ3) is 2.86. The molecule has 2 aliphatic rings. The van der Waals surface area contributed by atoms with E-state index in [1.165, 1.54) is 22.9 Å². The summed E-state index contributed by atoms with van der Waals surface area (Å²) in [5.41, 5.74) is 0.566. The SMILES string of the molecule is CN1C(=O)N[C@@H]2CN(Cc3ccn(-c4c(F)cccc4F)n3)CC[C@@H]21. The second-order valence-electron chi connectivity index (χ2n) is 6.58. The molecule has 2 saturated heterocycles. The van der Waals surface area contributed by atoms with Crippen LogP contribution in [0.25, 0.3) is 5.69 Å². The van der Waals surface area contributed by atoms with Gasteiger partial charge in [-0.15, -0.1) is 0 Å². The summed E-state index contributed by atoms with van der Waals surface area (Å²) >= 11 is 0. The van der Waals surface area contributed by atoms with Crippen LogP contribution >= 0.6 is 0 Å². The number of aromatic nitrogens is 2. The van der Waals surface area contributed by atoms with Crippen LogP contribution < -0.4 is 5.32 Å². The minimum atomic E-state index is -0.646. The van der Waals surface area contributed by atoms with Crippen molar-refractivity contribution in [3.05, 3.63) is 47.8 Å². The number of piperidine rings is 1. The largest absolute Gasteiger partial charge is 0.332 e. The molecule has 3 heterocycles. The number of nitrogens with one attached hydrogen (secondary N) is 1. The number of likely N-dealkylation sites (N-methyl/N-ethyl adjacent to an activating group) is 1. The molecule has 0 spiro atoms. The first-order valence-corrected chi connectivity index (χ1v) is 8.27. The summed E-state index contributed by atoms with van der Waals surface area (Å²) in [6.45, 7) is 2.16. The lowest BCUT2D eigenvalue weighted by atomic mass is 10.0. The van der Waals surface area contributed by atoms with E-state index in [-0.39, 0.29) is 23.8 Å². The monoisotopic (exact) mass is 347 g/mol. The zero-order valence-corrected chi connectivity index (χ0v) is 13.8. The molecule has 2 aliphatic heterocycles. The number of likely N-dealkylation sites (tertiary alicyclic amines) is 1. The number of nitrogens with zero attached hydrogens (tertiary/aromatic N) is 4. The molecule has 0 radical (unpaired) electrons. The van der Waals surface area contributed by atoms with Gasteiger partial charge in [-0.2, -0.15) is 5.10 Å².